The van der Waals surface area contributed by atoms with Crippen molar-refractivity contribution in [2.24, 2.45) is 0 Å². The van der Waals surface area contributed by atoms with E-state index in [-0.39, 0.29) is 10.8 Å². The number of carbonyl (C=O) groups excluding carboxylic acids is 1. The van der Waals surface area contributed by atoms with Gasteiger partial charge in [-0.25, -0.2) is 13.4 Å². The number of ether oxygens (including phenoxy) is 1. The number of nitrogens with one attached hydrogen (secondary N) is 1. The first kappa shape index (κ1) is 24.0. The van der Waals surface area contributed by atoms with Crippen molar-refractivity contribution in [1.29, 1.82) is 0 Å². The Balaban J connectivity index is 1.28. The number of rotatable bonds is 8. The van der Waals surface area contributed by atoms with Crippen LogP contribution in [0.25, 0.3) is 0 Å². The van der Waals surface area contributed by atoms with Crippen LogP contribution >= 0.6 is 11.3 Å². The van der Waals surface area contributed by atoms with Crippen LogP contribution in [0.15, 0.2) is 58.8 Å². The fourth-order valence-corrected chi connectivity index (χ4v) is 5.84. The molecule has 0 unspecified atom stereocenters. The first-order chi connectivity index (χ1) is 16.4. The molecule has 0 aliphatic carbocycles. The van der Waals surface area contributed by atoms with Gasteiger partial charge in [-0.15, -0.1) is 11.3 Å². The number of nitrogens with zero attached hydrogens (tertiary/aromatic N) is 3. The molecule has 0 radical (unpaired) electrons. The van der Waals surface area contributed by atoms with Crippen LogP contribution in [0.1, 0.15) is 17.7 Å². The zero-order valence-corrected chi connectivity index (χ0v) is 20.9. The number of methoxy groups -OCH3 is 1. The minimum atomic E-state index is -3.69. The van der Waals surface area contributed by atoms with Gasteiger partial charge in [-0.05, 0) is 37.6 Å². The lowest BCUT2D eigenvalue weighted by molar-refractivity contribution is -0.131. The lowest BCUT2D eigenvalue weighted by Gasteiger charge is -2.36. The molecule has 4 rings (SSSR count). The van der Waals surface area contributed by atoms with Gasteiger partial charge < -0.3 is 14.5 Å². The predicted octanol–water partition coefficient (Wildman–Crippen LogP) is 3.54. The monoisotopic (exact) mass is 500 g/mol. The van der Waals surface area contributed by atoms with E-state index in [4.69, 9.17) is 4.74 Å². The van der Waals surface area contributed by atoms with Crippen LogP contribution in [0.2, 0.25) is 0 Å². The summed E-state index contributed by atoms with van der Waals surface area (Å²) in [5, 5.41) is 2.09. The average Bonchev–Trinajstić information content (AvgIpc) is 3.29. The Morgan fingerprint density at radius 3 is 2.50 bits per heavy atom. The number of piperazine rings is 1. The highest BCUT2D eigenvalue weighted by molar-refractivity contribution is 7.93. The highest BCUT2D eigenvalue weighted by Gasteiger charge is 2.23. The minimum absolute atomic E-state index is 0.0782. The molecular weight excluding hydrogens is 472 g/mol. The summed E-state index contributed by atoms with van der Waals surface area (Å²) in [5.41, 5.74) is 2.73. The molecule has 1 aromatic heterocycles. The molecule has 3 aromatic rings. The maximum Gasteiger partial charge on any atom is 0.263 e. The van der Waals surface area contributed by atoms with Crippen molar-refractivity contribution in [3.63, 3.8) is 0 Å². The topological polar surface area (TPSA) is 91.8 Å². The lowest BCUT2D eigenvalue weighted by Crippen LogP contribution is -2.48. The molecule has 34 heavy (non-hydrogen) atoms. The third-order valence-electron chi connectivity index (χ3n) is 5.76. The zero-order valence-electron chi connectivity index (χ0n) is 19.2. The molecule has 0 saturated carbocycles. The quantitative estimate of drug-likeness (QED) is 0.509. The van der Waals surface area contributed by atoms with Crippen molar-refractivity contribution in [3.8, 4) is 5.75 Å². The number of carbonyl (C=O) groups is 1. The van der Waals surface area contributed by atoms with E-state index >= 15 is 0 Å². The molecule has 0 spiro atoms. The Labute approximate surface area is 204 Å². The highest BCUT2D eigenvalue weighted by atomic mass is 32.2. The van der Waals surface area contributed by atoms with E-state index in [1.54, 1.807) is 36.8 Å². The summed E-state index contributed by atoms with van der Waals surface area (Å²) >= 11 is 1.22. The van der Waals surface area contributed by atoms with Gasteiger partial charge in [0.1, 0.15) is 5.75 Å². The number of para-hydroxylation sites is 2. The second kappa shape index (κ2) is 10.4. The lowest BCUT2D eigenvalue weighted by atomic mass is 10.2. The van der Waals surface area contributed by atoms with E-state index in [1.807, 2.05) is 36.1 Å². The van der Waals surface area contributed by atoms with Crippen molar-refractivity contribution < 1.29 is 17.9 Å². The van der Waals surface area contributed by atoms with Crippen LogP contribution in [0.3, 0.4) is 0 Å². The Morgan fingerprint density at radius 1 is 1.09 bits per heavy atom. The number of thiazole rings is 1. The van der Waals surface area contributed by atoms with Crippen molar-refractivity contribution in [1.82, 2.24) is 9.88 Å². The molecule has 2 heterocycles. The molecule has 1 N–H and O–H groups in total. The van der Waals surface area contributed by atoms with Crippen LogP contribution in [-0.4, -0.2) is 57.5 Å². The van der Waals surface area contributed by atoms with Crippen LogP contribution < -0.4 is 14.4 Å². The normalized spacial score (nSPS) is 14.2. The third kappa shape index (κ3) is 5.68. The van der Waals surface area contributed by atoms with E-state index < -0.39 is 10.0 Å². The van der Waals surface area contributed by atoms with Gasteiger partial charge in [0.2, 0.25) is 5.91 Å². The number of anilines is 2. The summed E-state index contributed by atoms with van der Waals surface area (Å²) in [5.74, 6) is 0.911. The molecule has 1 fully saturated rings. The van der Waals surface area contributed by atoms with Crippen LogP contribution in [0, 0.1) is 6.92 Å². The summed E-state index contributed by atoms with van der Waals surface area (Å²) in [4.78, 5) is 21.4. The van der Waals surface area contributed by atoms with Gasteiger partial charge in [0.05, 0.1) is 23.4 Å². The van der Waals surface area contributed by atoms with Crippen molar-refractivity contribution in [3.05, 3.63) is 65.2 Å². The van der Waals surface area contributed by atoms with Gasteiger partial charge in [0.15, 0.2) is 5.13 Å². The first-order valence-corrected chi connectivity index (χ1v) is 13.4. The molecular formula is C24H28N4O4S2. The molecule has 180 valence electrons. The van der Waals surface area contributed by atoms with Gasteiger partial charge in [-0.2, -0.15) is 0 Å². The summed E-state index contributed by atoms with van der Waals surface area (Å²) in [6.45, 7) is 4.69. The van der Waals surface area contributed by atoms with Gasteiger partial charge in [-0.1, -0.05) is 29.8 Å². The van der Waals surface area contributed by atoms with Gasteiger partial charge >= 0.3 is 0 Å². The van der Waals surface area contributed by atoms with Crippen LogP contribution in [0.5, 0.6) is 5.75 Å². The summed E-state index contributed by atoms with van der Waals surface area (Å²) < 4.78 is 33.1. The number of sulfonamides is 1. The SMILES string of the molecule is COc1ccccc1N1CCN(C(=O)CCc2csc(NS(=O)(=O)c3ccc(C)cc3)n2)CC1. The second-order valence-electron chi connectivity index (χ2n) is 8.10. The first-order valence-electron chi connectivity index (χ1n) is 11.1. The Hall–Kier alpha value is -3.11. The van der Waals surface area contributed by atoms with E-state index in [0.29, 0.717) is 36.8 Å². The molecule has 0 bridgehead atoms. The van der Waals surface area contributed by atoms with Crippen molar-refractivity contribution >= 4 is 38.1 Å². The summed E-state index contributed by atoms with van der Waals surface area (Å²) in [6, 6.07) is 14.5. The smallest absolute Gasteiger partial charge is 0.263 e. The summed E-state index contributed by atoms with van der Waals surface area (Å²) in [6.07, 6.45) is 0.802. The fraction of sp³-hybridized carbons (Fsp3) is 0.333. The molecule has 1 aliphatic heterocycles. The molecule has 1 amide bonds. The van der Waals surface area contributed by atoms with Gasteiger partial charge in [0.25, 0.3) is 10.0 Å². The Morgan fingerprint density at radius 2 is 1.79 bits per heavy atom. The number of aromatic nitrogens is 1. The van der Waals surface area contributed by atoms with Gasteiger partial charge in [0, 0.05) is 38.0 Å². The molecule has 10 heteroatoms. The second-order valence-corrected chi connectivity index (χ2v) is 10.6. The minimum Gasteiger partial charge on any atom is -0.495 e. The molecule has 1 aliphatic rings. The average molecular weight is 501 g/mol. The van der Waals surface area contributed by atoms with Gasteiger partial charge in [-0.3, -0.25) is 9.52 Å². The molecule has 8 nitrogen and oxygen atoms in total. The summed E-state index contributed by atoms with van der Waals surface area (Å²) in [7, 11) is -2.03. The molecule has 0 atom stereocenters. The zero-order chi connectivity index (χ0) is 24.1. The maximum absolute atomic E-state index is 12.7. The highest BCUT2D eigenvalue weighted by Crippen LogP contribution is 2.28. The number of aryl methyl sites for hydroxylation is 2. The molecule has 1 saturated heterocycles. The number of benzene rings is 2. The maximum atomic E-state index is 12.7. The largest absolute Gasteiger partial charge is 0.495 e. The number of hydrogen-bond donors (Lipinski definition) is 1. The number of amides is 1. The Bertz CT molecular complexity index is 1230. The van der Waals surface area contributed by atoms with Crippen LogP contribution in [-0.2, 0) is 21.2 Å². The molecule has 2 aromatic carbocycles. The standard InChI is InChI=1S/C24H28N4O4S2/c1-18-7-10-20(11-8-18)34(30,31)26-24-25-19(17-33-24)9-12-23(29)28-15-13-27(14-16-28)21-5-3-4-6-22(21)32-2/h3-8,10-11,17H,9,12-16H2,1-2H3,(H,25,26). The van der Waals surface area contributed by atoms with E-state index in [9.17, 15) is 13.2 Å². The predicted molar refractivity (Wildman–Crippen MR) is 134 cm³/mol. The van der Waals surface area contributed by atoms with Crippen molar-refractivity contribution in [2.75, 3.05) is 42.9 Å². The van der Waals surface area contributed by atoms with E-state index in [1.165, 1.54) is 11.3 Å². The van der Waals surface area contributed by atoms with Crippen LogP contribution in [0.4, 0.5) is 10.8 Å². The van der Waals surface area contributed by atoms with E-state index in [0.717, 1.165) is 30.1 Å². The van der Waals surface area contributed by atoms with Crippen molar-refractivity contribution in [2.45, 2.75) is 24.7 Å². The Kier molecular flexibility index (Phi) is 7.38. The fourth-order valence-electron chi connectivity index (χ4n) is 3.84. The van der Waals surface area contributed by atoms with E-state index in [2.05, 4.69) is 14.6 Å². The number of hydrogen-bond acceptors (Lipinski definition) is 7. The third-order valence-corrected chi connectivity index (χ3v) is 8.05.